The topological polar surface area (TPSA) is 47.3 Å². The first kappa shape index (κ1) is 8.87. The normalized spacial score (nSPS) is 10.8. The summed E-state index contributed by atoms with van der Waals surface area (Å²) in [7, 11) is 0. The van der Waals surface area contributed by atoms with Crippen LogP contribution in [0, 0.1) is 20.8 Å². The standard InChI is InChI=1S/C10H11N3O/c1-6-7(2)12-10-11-4-9(5-14)13(10)8(6)3/h4-5H,1-3H3. The highest BCUT2D eigenvalue weighted by Crippen LogP contribution is 2.13. The molecule has 0 aliphatic carbocycles. The van der Waals surface area contributed by atoms with Crippen molar-refractivity contribution >= 4 is 12.1 Å². The second-order valence-electron chi connectivity index (χ2n) is 3.34. The Kier molecular flexibility index (Phi) is 1.84. The van der Waals surface area contributed by atoms with Crippen molar-refractivity contribution in [2.45, 2.75) is 20.8 Å². The molecule has 0 radical (unpaired) electrons. The summed E-state index contributed by atoms with van der Waals surface area (Å²) in [6, 6.07) is 0. The van der Waals surface area contributed by atoms with Crippen LogP contribution in [0.15, 0.2) is 6.20 Å². The summed E-state index contributed by atoms with van der Waals surface area (Å²) in [6.45, 7) is 5.90. The maximum atomic E-state index is 10.7. The molecule has 2 heterocycles. The fourth-order valence-electron chi connectivity index (χ4n) is 1.52. The molecule has 0 saturated carbocycles. The number of hydrogen-bond acceptors (Lipinski definition) is 3. The Bertz CT molecular complexity index is 514. The van der Waals surface area contributed by atoms with Crippen molar-refractivity contribution in [3.8, 4) is 0 Å². The summed E-state index contributed by atoms with van der Waals surface area (Å²) < 4.78 is 1.77. The molecule has 2 aromatic rings. The Morgan fingerprint density at radius 2 is 2.07 bits per heavy atom. The second kappa shape index (κ2) is 2.90. The molecule has 0 saturated heterocycles. The van der Waals surface area contributed by atoms with Crippen molar-refractivity contribution in [2.24, 2.45) is 0 Å². The molecule has 2 aromatic heterocycles. The van der Waals surface area contributed by atoms with E-state index in [1.807, 2.05) is 20.8 Å². The highest BCUT2D eigenvalue weighted by Gasteiger charge is 2.09. The number of aldehydes is 1. The van der Waals surface area contributed by atoms with Crippen LogP contribution in [0.25, 0.3) is 5.78 Å². The van der Waals surface area contributed by atoms with Gasteiger partial charge in [0.2, 0.25) is 5.78 Å². The lowest BCUT2D eigenvalue weighted by atomic mass is 10.2. The van der Waals surface area contributed by atoms with Crippen molar-refractivity contribution in [3.05, 3.63) is 28.8 Å². The van der Waals surface area contributed by atoms with E-state index < -0.39 is 0 Å². The third kappa shape index (κ3) is 1.04. The predicted molar refractivity (Wildman–Crippen MR) is 52.6 cm³/mol. The molecule has 2 rings (SSSR count). The van der Waals surface area contributed by atoms with Crippen LogP contribution >= 0.6 is 0 Å². The number of hydrogen-bond donors (Lipinski definition) is 0. The molecule has 4 heteroatoms. The number of nitrogens with zero attached hydrogens (tertiary/aromatic N) is 3. The molecule has 0 aromatic carbocycles. The summed E-state index contributed by atoms with van der Waals surface area (Å²) >= 11 is 0. The van der Waals surface area contributed by atoms with Crippen LogP contribution in [0.4, 0.5) is 0 Å². The van der Waals surface area contributed by atoms with Crippen LogP contribution in [0.3, 0.4) is 0 Å². The largest absolute Gasteiger partial charge is 0.296 e. The van der Waals surface area contributed by atoms with Crippen LogP contribution < -0.4 is 0 Å². The summed E-state index contributed by atoms with van der Waals surface area (Å²) in [5.41, 5.74) is 3.62. The van der Waals surface area contributed by atoms with Gasteiger partial charge in [-0.2, -0.15) is 0 Å². The van der Waals surface area contributed by atoms with Gasteiger partial charge >= 0.3 is 0 Å². The molecular formula is C10H11N3O. The molecule has 0 aliphatic rings. The molecule has 4 nitrogen and oxygen atoms in total. The highest BCUT2D eigenvalue weighted by molar-refractivity contribution is 5.73. The number of rotatable bonds is 1. The summed E-state index contributed by atoms with van der Waals surface area (Å²) in [4.78, 5) is 19.1. The van der Waals surface area contributed by atoms with Gasteiger partial charge in [0.1, 0.15) is 5.69 Å². The van der Waals surface area contributed by atoms with E-state index in [-0.39, 0.29) is 0 Å². The number of aromatic nitrogens is 3. The molecule has 14 heavy (non-hydrogen) atoms. The maximum Gasteiger partial charge on any atom is 0.234 e. The molecule has 0 amide bonds. The van der Waals surface area contributed by atoms with E-state index in [0.29, 0.717) is 11.5 Å². The molecule has 0 aliphatic heterocycles. The van der Waals surface area contributed by atoms with E-state index >= 15 is 0 Å². The number of imidazole rings is 1. The first-order valence-electron chi connectivity index (χ1n) is 4.41. The van der Waals surface area contributed by atoms with Crippen molar-refractivity contribution in [1.82, 2.24) is 14.4 Å². The predicted octanol–water partition coefficient (Wildman–Crippen LogP) is 1.47. The zero-order chi connectivity index (χ0) is 10.3. The number of carbonyl (C=O) groups excluding carboxylic acids is 1. The van der Waals surface area contributed by atoms with E-state index in [2.05, 4.69) is 9.97 Å². The minimum Gasteiger partial charge on any atom is -0.296 e. The summed E-state index contributed by atoms with van der Waals surface area (Å²) in [5.74, 6) is 0.590. The van der Waals surface area contributed by atoms with Gasteiger partial charge in [-0.05, 0) is 26.3 Å². The first-order chi connectivity index (χ1) is 6.65. The van der Waals surface area contributed by atoms with Crippen molar-refractivity contribution in [1.29, 1.82) is 0 Å². The van der Waals surface area contributed by atoms with Gasteiger partial charge in [-0.15, -0.1) is 0 Å². The average molecular weight is 189 g/mol. The van der Waals surface area contributed by atoms with Gasteiger partial charge in [0.05, 0.1) is 6.20 Å². The van der Waals surface area contributed by atoms with Crippen molar-refractivity contribution in [2.75, 3.05) is 0 Å². The molecule has 0 spiro atoms. The lowest BCUT2D eigenvalue weighted by Crippen LogP contribution is -2.03. The fourth-order valence-corrected chi connectivity index (χ4v) is 1.52. The van der Waals surface area contributed by atoms with Gasteiger partial charge in [0, 0.05) is 11.4 Å². The van der Waals surface area contributed by atoms with Crippen LogP contribution in [-0.2, 0) is 0 Å². The smallest absolute Gasteiger partial charge is 0.234 e. The second-order valence-corrected chi connectivity index (χ2v) is 3.34. The Labute approximate surface area is 81.6 Å². The van der Waals surface area contributed by atoms with E-state index in [1.54, 1.807) is 10.6 Å². The minimum atomic E-state index is 0.549. The van der Waals surface area contributed by atoms with Gasteiger partial charge in [0.25, 0.3) is 0 Å². The van der Waals surface area contributed by atoms with Crippen LogP contribution in [-0.4, -0.2) is 20.7 Å². The van der Waals surface area contributed by atoms with E-state index in [9.17, 15) is 4.79 Å². The highest BCUT2D eigenvalue weighted by atomic mass is 16.1. The number of carbonyl (C=O) groups is 1. The molecule has 0 atom stereocenters. The van der Waals surface area contributed by atoms with Crippen molar-refractivity contribution in [3.63, 3.8) is 0 Å². The van der Waals surface area contributed by atoms with Gasteiger partial charge in [-0.3, -0.25) is 9.20 Å². The molecule has 0 fully saturated rings. The molecular weight excluding hydrogens is 178 g/mol. The first-order valence-corrected chi connectivity index (χ1v) is 4.41. The lowest BCUT2D eigenvalue weighted by Gasteiger charge is -2.07. The van der Waals surface area contributed by atoms with Crippen molar-refractivity contribution < 1.29 is 4.79 Å². The van der Waals surface area contributed by atoms with Crippen LogP contribution in [0.5, 0.6) is 0 Å². The molecule has 72 valence electrons. The quantitative estimate of drug-likeness (QED) is 0.638. The average Bonchev–Trinajstić information content (AvgIpc) is 2.57. The molecule has 0 bridgehead atoms. The van der Waals surface area contributed by atoms with E-state index in [0.717, 1.165) is 23.2 Å². The SMILES string of the molecule is Cc1nc2ncc(C=O)n2c(C)c1C. The summed E-state index contributed by atoms with van der Waals surface area (Å²) in [6.07, 6.45) is 2.34. The molecule has 0 unspecified atom stereocenters. The Balaban J connectivity index is 2.95. The summed E-state index contributed by atoms with van der Waals surface area (Å²) in [5, 5.41) is 0. The van der Waals surface area contributed by atoms with Gasteiger partial charge in [-0.1, -0.05) is 0 Å². The van der Waals surface area contributed by atoms with Gasteiger partial charge < -0.3 is 0 Å². The zero-order valence-corrected chi connectivity index (χ0v) is 8.40. The zero-order valence-electron chi connectivity index (χ0n) is 8.40. The number of fused-ring (bicyclic) bond motifs is 1. The van der Waals surface area contributed by atoms with E-state index in [4.69, 9.17) is 0 Å². The van der Waals surface area contributed by atoms with Gasteiger partial charge in [0.15, 0.2) is 6.29 Å². The maximum absolute atomic E-state index is 10.7. The Morgan fingerprint density at radius 1 is 1.36 bits per heavy atom. The van der Waals surface area contributed by atoms with Crippen LogP contribution in [0.2, 0.25) is 0 Å². The van der Waals surface area contributed by atoms with E-state index in [1.165, 1.54) is 0 Å². The lowest BCUT2D eigenvalue weighted by molar-refractivity contribution is 0.111. The minimum absolute atomic E-state index is 0.549. The third-order valence-corrected chi connectivity index (χ3v) is 2.58. The third-order valence-electron chi connectivity index (χ3n) is 2.58. The monoisotopic (exact) mass is 189 g/mol. The fraction of sp³-hybridized carbons (Fsp3) is 0.300. The number of aryl methyl sites for hydroxylation is 2. The van der Waals surface area contributed by atoms with Gasteiger partial charge in [-0.25, -0.2) is 9.97 Å². The molecule has 0 N–H and O–H groups in total. The Morgan fingerprint density at radius 3 is 2.71 bits per heavy atom. The van der Waals surface area contributed by atoms with Crippen LogP contribution in [0.1, 0.15) is 27.4 Å². The Hall–Kier alpha value is -1.71.